The van der Waals surface area contributed by atoms with Crippen LogP contribution in [0.2, 0.25) is 0 Å². The quantitative estimate of drug-likeness (QED) is 0.397. The third kappa shape index (κ3) is 9.07. The van der Waals surface area contributed by atoms with Gasteiger partial charge in [-0.1, -0.05) is 22.0 Å². The summed E-state index contributed by atoms with van der Waals surface area (Å²) in [6, 6.07) is 7.67. The zero-order chi connectivity index (χ0) is 17.3. The number of hydrogen-bond donors (Lipinski definition) is 3. The van der Waals surface area contributed by atoms with Crippen molar-refractivity contribution in [3.8, 4) is 5.75 Å². The van der Waals surface area contributed by atoms with Crippen LogP contribution in [-0.4, -0.2) is 44.1 Å². The minimum atomic E-state index is -0.243. The van der Waals surface area contributed by atoms with Crippen molar-refractivity contribution in [2.75, 3.05) is 26.7 Å². The summed E-state index contributed by atoms with van der Waals surface area (Å²) < 4.78 is 6.60. The average Bonchev–Trinajstić information content (AvgIpc) is 2.45. The van der Waals surface area contributed by atoms with E-state index in [1.165, 1.54) is 0 Å². The van der Waals surface area contributed by atoms with Crippen molar-refractivity contribution < 1.29 is 9.53 Å². The molecule has 0 radical (unpaired) electrons. The van der Waals surface area contributed by atoms with Crippen LogP contribution in [-0.2, 0) is 4.79 Å². The Bertz CT molecular complexity index is 541. The summed E-state index contributed by atoms with van der Waals surface area (Å²) in [5.74, 6) is 1.28. The van der Waals surface area contributed by atoms with Crippen molar-refractivity contribution in [2.24, 2.45) is 4.99 Å². The number of hydrogen-bond acceptors (Lipinski definition) is 3. The molecule has 0 aromatic heterocycles. The Kier molecular flexibility index (Phi) is 7.88. The number of aliphatic imine (C=N–C) groups is 1. The lowest BCUT2D eigenvalue weighted by molar-refractivity contribution is -0.121. The van der Waals surface area contributed by atoms with Gasteiger partial charge in [0, 0.05) is 17.1 Å². The Hall–Kier alpha value is -1.76. The van der Waals surface area contributed by atoms with E-state index in [9.17, 15) is 4.79 Å². The molecule has 23 heavy (non-hydrogen) atoms. The minimum absolute atomic E-state index is 0.0779. The Morgan fingerprint density at radius 2 is 2.04 bits per heavy atom. The molecule has 3 N–H and O–H groups in total. The van der Waals surface area contributed by atoms with E-state index in [1.54, 1.807) is 7.05 Å². The maximum atomic E-state index is 11.7. The Balaban J connectivity index is 2.25. The van der Waals surface area contributed by atoms with Crippen molar-refractivity contribution >= 4 is 27.8 Å². The Labute approximate surface area is 146 Å². The van der Waals surface area contributed by atoms with E-state index in [-0.39, 0.29) is 18.0 Å². The number of nitrogens with zero attached hydrogens (tertiary/aromatic N) is 1. The van der Waals surface area contributed by atoms with Crippen LogP contribution in [0, 0.1) is 0 Å². The van der Waals surface area contributed by atoms with Crippen molar-refractivity contribution in [2.45, 2.75) is 26.3 Å². The second kappa shape index (κ2) is 9.39. The van der Waals surface area contributed by atoms with Crippen molar-refractivity contribution in [3.63, 3.8) is 0 Å². The molecule has 0 bridgehead atoms. The van der Waals surface area contributed by atoms with Crippen LogP contribution in [0.3, 0.4) is 0 Å². The third-order valence-electron chi connectivity index (χ3n) is 2.61. The predicted octanol–water partition coefficient (Wildman–Crippen LogP) is 1.91. The molecule has 0 saturated carbocycles. The maximum absolute atomic E-state index is 11.7. The van der Waals surface area contributed by atoms with Gasteiger partial charge in [0.25, 0.3) is 0 Å². The molecule has 0 aliphatic rings. The molecule has 0 unspecified atom stereocenters. The fourth-order valence-electron chi connectivity index (χ4n) is 1.74. The second-order valence-electron chi connectivity index (χ2n) is 5.96. The zero-order valence-corrected chi connectivity index (χ0v) is 15.7. The van der Waals surface area contributed by atoms with Gasteiger partial charge in [-0.15, -0.1) is 0 Å². The molecule has 0 fully saturated rings. The van der Waals surface area contributed by atoms with Crippen molar-refractivity contribution in [1.82, 2.24) is 16.0 Å². The summed E-state index contributed by atoms with van der Waals surface area (Å²) in [6.45, 7) is 7.06. The van der Waals surface area contributed by atoms with Crippen molar-refractivity contribution in [1.29, 1.82) is 0 Å². The maximum Gasteiger partial charge on any atom is 0.239 e. The Morgan fingerprint density at radius 1 is 1.30 bits per heavy atom. The molecule has 0 heterocycles. The van der Waals surface area contributed by atoms with E-state index in [0.29, 0.717) is 19.1 Å². The van der Waals surface area contributed by atoms with E-state index in [1.807, 2.05) is 45.0 Å². The molecule has 0 spiro atoms. The highest BCUT2D eigenvalue weighted by atomic mass is 79.9. The van der Waals surface area contributed by atoms with Gasteiger partial charge in [0.2, 0.25) is 5.91 Å². The standard InChI is InChI=1S/C16H25BrN4O2/c1-16(2,3)21-14(22)11-20-15(18-4)19-8-9-23-13-7-5-6-12(17)10-13/h5-7,10H,8-9,11H2,1-4H3,(H,21,22)(H2,18,19,20). The number of halogens is 1. The monoisotopic (exact) mass is 384 g/mol. The molecule has 7 heteroatoms. The van der Waals surface area contributed by atoms with Crippen LogP contribution in [0.15, 0.2) is 33.7 Å². The van der Waals surface area contributed by atoms with Gasteiger partial charge in [0.1, 0.15) is 12.4 Å². The predicted molar refractivity (Wildman–Crippen MR) is 96.9 cm³/mol. The third-order valence-corrected chi connectivity index (χ3v) is 3.11. The zero-order valence-electron chi connectivity index (χ0n) is 14.1. The number of carbonyl (C=O) groups excluding carboxylic acids is 1. The van der Waals surface area contributed by atoms with Crippen LogP contribution in [0.4, 0.5) is 0 Å². The molecule has 0 saturated heterocycles. The van der Waals surface area contributed by atoms with E-state index in [0.717, 1.165) is 10.2 Å². The van der Waals surface area contributed by atoms with E-state index < -0.39 is 0 Å². The summed E-state index contributed by atoms with van der Waals surface area (Å²) in [6.07, 6.45) is 0. The normalized spacial score (nSPS) is 11.8. The molecule has 1 aromatic rings. The van der Waals surface area contributed by atoms with Crippen LogP contribution in [0.1, 0.15) is 20.8 Å². The first-order chi connectivity index (χ1) is 10.8. The molecule has 1 aromatic carbocycles. The second-order valence-corrected chi connectivity index (χ2v) is 6.87. The summed E-state index contributed by atoms with van der Waals surface area (Å²) in [5, 5.41) is 8.94. The number of amides is 1. The van der Waals surface area contributed by atoms with E-state index in [2.05, 4.69) is 36.9 Å². The van der Waals surface area contributed by atoms with Gasteiger partial charge in [-0.25, -0.2) is 0 Å². The van der Waals surface area contributed by atoms with Gasteiger partial charge in [0.15, 0.2) is 5.96 Å². The molecule has 0 aliphatic carbocycles. The summed E-state index contributed by atoms with van der Waals surface area (Å²) >= 11 is 3.40. The molecule has 0 atom stereocenters. The number of rotatable bonds is 6. The molecular weight excluding hydrogens is 360 g/mol. The first kappa shape index (κ1) is 19.3. The lowest BCUT2D eigenvalue weighted by Gasteiger charge is -2.21. The Morgan fingerprint density at radius 3 is 2.65 bits per heavy atom. The van der Waals surface area contributed by atoms with Crippen LogP contribution >= 0.6 is 15.9 Å². The SMILES string of the molecule is CN=C(NCCOc1cccc(Br)c1)NCC(=O)NC(C)(C)C. The smallest absolute Gasteiger partial charge is 0.239 e. The lowest BCUT2D eigenvalue weighted by Crippen LogP contribution is -2.48. The average molecular weight is 385 g/mol. The molecule has 1 rings (SSSR count). The number of nitrogens with one attached hydrogen (secondary N) is 3. The lowest BCUT2D eigenvalue weighted by atomic mass is 10.1. The molecule has 6 nitrogen and oxygen atoms in total. The van der Waals surface area contributed by atoms with Crippen LogP contribution < -0.4 is 20.7 Å². The summed E-state index contributed by atoms with van der Waals surface area (Å²) in [7, 11) is 1.66. The number of benzene rings is 1. The first-order valence-electron chi connectivity index (χ1n) is 7.44. The highest BCUT2D eigenvalue weighted by Gasteiger charge is 2.13. The number of ether oxygens (including phenoxy) is 1. The fraction of sp³-hybridized carbons (Fsp3) is 0.500. The van der Waals surface area contributed by atoms with Crippen LogP contribution in [0.5, 0.6) is 5.75 Å². The highest BCUT2D eigenvalue weighted by molar-refractivity contribution is 9.10. The molecular formula is C16H25BrN4O2. The van der Waals surface area contributed by atoms with E-state index >= 15 is 0 Å². The van der Waals surface area contributed by atoms with Gasteiger partial charge >= 0.3 is 0 Å². The van der Waals surface area contributed by atoms with Gasteiger partial charge < -0.3 is 20.7 Å². The highest BCUT2D eigenvalue weighted by Crippen LogP contribution is 2.17. The summed E-state index contributed by atoms with van der Waals surface area (Å²) in [5.41, 5.74) is -0.243. The molecule has 1 amide bonds. The van der Waals surface area contributed by atoms with Gasteiger partial charge in [-0.2, -0.15) is 0 Å². The van der Waals surface area contributed by atoms with Crippen molar-refractivity contribution in [3.05, 3.63) is 28.7 Å². The minimum Gasteiger partial charge on any atom is -0.492 e. The topological polar surface area (TPSA) is 74.8 Å². The van der Waals surface area contributed by atoms with E-state index in [4.69, 9.17) is 4.74 Å². The number of guanidine groups is 1. The largest absolute Gasteiger partial charge is 0.492 e. The number of carbonyl (C=O) groups is 1. The first-order valence-corrected chi connectivity index (χ1v) is 8.23. The summed E-state index contributed by atoms with van der Waals surface area (Å²) in [4.78, 5) is 15.8. The molecule has 0 aliphatic heterocycles. The van der Waals surface area contributed by atoms with Gasteiger partial charge in [0.05, 0.1) is 13.1 Å². The van der Waals surface area contributed by atoms with Gasteiger partial charge in [-0.3, -0.25) is 9.79 Å². The van der Waals surface area contributed by atoms with Crippen LogP contribution in [0.25, 0.3) is 0 Å². The fourth-order valence-corrected chi connectivity index (χ4v) is 2.12. The molecule has 128 valence electrons. The van der Waals surface area contributed by atoms with Gasteiger partial charge in [-0.05, 0) is 39.0 Å².